The zero-order valence-corrected chi connectivity index (χ0v) is 15.6. The topological polar surface area (TPSA) is 75.2 Å². The van der Waals surface area contributed by atoms with Crippen LogP contribution in [0.25, 0.3) is 0 Å². The van der Waals surface area contributed by atoms with E-state index in [0.29, 0.717) is 32.8 Å². The van der Waals surface area contributed by atoms with Crippen molar-refractivity contribution in [2.24, 2.45) is 4.99 Å². The molecule has 0 fully saturated rings. The van der Waals surface area contributed by atoms with Gasteiger partial charge in [0.15, 0.2) is 5.96 Å². The summed E-state index contributed by atoms with van der Waals surface area (Å²) >= 11 is 0. The molecule has 0 atom stereocenters. The van der Waals surface area contributed by atoms with Crippen molar-refractivity contribution in [1.82, 2.24) is 15.5 Å². The Labute approximate surface area is 140 Å². The van der Waals surface area contributed by atoms with Crippen LogP contribution in [0.4, 0.5) is 4.79 Å². The first-order valence-electron chi connectivity index (χ1n) is 8.33. The van der Waals surface area contributed by atoms with Crippen LogP contribution in [-0.2, 0) is 9.47 Å². The average molecular weight is 330 g/mol. The summed E-state index contributed by atoms with van der Waals surface area (Å²) < 4.78 is 10.4. The molecule has 0 spiro atoms. The van der Waals surface area contributed by atoms with Crippen LogP contribution in [0.2, 0.25) is 0 Å². The number of carbonyl (C=O) groups excluding carboxylic acids is 1. The van der Waals surface area contributed by atoms with Crippen molar-refractivity contribution in [1.29, 1.82) is 0 Å². The summed E-state index contributed by atoms with van der Waals surface area (Å²) in [6, 6.07) is 0. The highest BCUT2D eigenvalue weighted by atomic mass is 16.6. The molecule has 1 amide bonds. The highest BCUT2D eigenvalue weighted by Gasteiger charge is 2.21. The van der Waals surface area contributed by atoms with E-state index in [0.717, 1.165) is 18.9 Å². The molecule has 23 heavy (non-hydrogen) atoms. The number of rotatable bonds is 9. The second-order valence-corrected chi connectivity index (χ2v) is 6.15. The normalized spacial score (nSPS) is 12.0. The smallest absolute Gasteiger partial charge is 0.410 e. The lowest BCUT2D eigenvalue weighted by atomic mass is 10.2. The number of hydrogen-bond acceptors (Lipinski definition) is 4. The maximum absolute atomic E-state index is 12.2. The van der Waals surface area contributed by atoms with Crippen molar-refractivity contribution in [2.75, 3.05) is 46.4 Å². The zero-order chi connectivity index (χ0) is 17.7. The number of aliphatic imine (C=N–C) groups is 1. The van der Waals surface area contributed by atoms with Gasteiger partial charge in [0.2, 0.25) is 0 Å². The number of methoxy groups -OCH3 is 1. The molecule has 0 saturated carbocycles. The molecule has 136 valence electrons. The molecule has 0 aliphatic rings. The summed E-state index contributed by atoms with van der Waals surface area (Å²) in [5, 5.41) is 6.38. The minimum atomic E-state index is -0.479. The van der Waals surface area contributed by atoms with Gasteiger partial charge in [0, 0.05) is 33.3 Å². The van der Waals surface area contributed by atoms with Gasteiger partial charge in [0.05, 0.1) is 13.2 Å². The third kappa shape index (κ3) is 11.7. The maximum atomic E-state index is 12.2. The van der Waals surface area contributed by atoms with Crippen molar-refractivity contribution in [2.45, 2.75) is 46.6 Å². The van der Waals surface area contributed by atoms with Crippen molar-refractivity contribution >= 4 is 12.1 Å². The van der Waals surface area contributed by atoms with Crippen LogP contribution in [0.5, 0.6) is 0 Å². The zero-order valence-electron chi connectivity index (χ0n) is 15.6. The number of guanidine groups is 1. The fourth-order valence-corrected chi connectivity index (χ4v) is 1.79. The first-order chi connectivity index (χ1) is 10.8. The summed E-state index contributed by atoms with van der Waals surface area (Å²) in [7, 11) is 1.65. The Morgan fingerprint density at radius 1 is 1.17 bits per heavy atom. The van der Waals surface area contributed by atoms with E-state index in [4.69, 9.17) is 9.47 Å². The number of ether oxygens (including phenoxy) is 2. The van der Waals surface area contributed by atoms with Crippen LogP contribution in [0.1, 0.15) is 41.0 Å². The van der Waals surface area contributed by atoms with E-state index < -0.39 is 5.60 Å². The highest BCUT2D eigenvalue weighted by Crippen LogP contribution is 2.09. The van der Waals surface area contributed by atoms with Gasteiger partial charge in [-0.3, -0.25) is 4.99 Å². The Morgan fingerprint density at radius 3 is 2.39 bits per heavy atom. The number of hydrogen-bond donors (Lipinski definition) is 2. The van der Waals surface area contributed by atoms with E-state index in [9.17, 15) is 4.79 Å². The molecule has 0 radical (unpaired) electrons. The molecular formula is C16H34N4O3. The molecular weight excluding hydrogens is 296 g/mol. The lowest BCUT2D eigenvalue weighted by Crippen LogP contribution is -2.44. The second-order valence-electron chi connectivity index (χ2n) is 6.15. The van der Waals surface area contributed by atoms with Crippen LogP contribution in [0.3, 0.4) is 0 Å². The minimum Gasteiger partial charge on any atom is -0.444 e. The van der Waals surface area contributed by atoms with Crippen LogP contribution in [0.15, 0.2) is 4.99 Å². The fraction of sp³-hybridized carbons (Fsp3) is 0.875. The molecule has 0 rings (SSSR count). The molecule has 7 nitrogen and oxygen atoms in total. The quantitative estimate of drug-likeness (QED) is 0.383. The first-order valence-corrected chi connectivity index (χ1v) is 8.33. The van der Waals surface area contributed by atoms with Crippen molar-refractivity contribution in [3.8, 4) is 0 Å². The molecule has 0 heterocycles. The van der Waals surface area contributed by atoms with Gasteiger partial charge in [-0.2, -0.15) is 0 Å². The minimum absolute atomic E-state index is 0.275. The summed E-state index contributed by atoms with van der Waals surface area (Å²) in [5.41, 5.74) is -0.479. The Hall–Kier alpha value is -1.50. The maximum Gasteiger partial charge on any atom is 0.410 e. The number of nitrogens with one attached hydrogen (secondary N) is 2. The van der Waals surface area contributed by atoms with Crippen molar-refractivity contribution < 1.29 is 14.3 Å². The first kappa shape index (κ1) is 21.5. The molecule has 0 aromatic carbocycles. The lowest BCUT2D eigenvalue weighted by molar-refractivity contribution is 0.0253. The molecule has 0 aromatic heterocycles. The van der Waals surface area contributed by atoms with Gasteiger partial charge in [-0.15, -0.1) is 0 Å². The Morgan fingerprint density at radius 2 is 1.87 bits per heavy atom. The van der Waals surface area contributed by atoms with Gasteiger partial charge in [0.25, 0.3) is 0 Å². The lowest BCUT2D eigenvalue weighted by Gasteiger charge is -2.27. The summed E-state index contributed by atoms with van der Waals surface area (Å²) in [6.07, 6.45) is 0.615. The summed E-state index contributed by atoms with van der Waals surface area (Å²) in [4.78, 5) is 18.3. The molecule has 7 heteroatoms. The van der Waals surface area contributed by atoms with E-state index in [1.807, 2.05) is 34.6 Å². The standard InChI is InChI=1S/C16H34N4O3/c1-7-11-20(15(21)23-16(3,4)5)12-9-18-14(17-8-2)19-10-13-22-6/h7-13H2,1-6H3,(H2,17,18,19). The Bertz CT molecular complexity index is 354. The number of carbonyl (C=O) groups is 1. The van der Waals surface area contributed by atoms with Gasteiger partial charge in [-0.1, -0.05) is 6.92 Å². The Kier molecular flexibility index (Phi) is 11.2. The Balaban J connectivity index is 4.43. The van der Waals surface area contributed by atoms with Crippen LogP contribution >= 0.6 is 0 Å². The van der Waals surface area contributed by atoms with Gasteiger partial charge in [-0.05, 0) is 34.1 Å². The molecule has 0 aromatic rings. The van der Waals surface area contributed by atoms with Crippen LogP contribution < -0.4 is 10.6 Å². The summed E-state index contributed by atoms with van der Waals surface area (Å²) in [5.74, 6) is 0.727. The largest absolute Gasteiger partial charge is 0.444 e. The van der Waals surface area contributed by atoms with E-state index in [1.165, 1.54) is 0 Å². The summed E-state index contributed by atoms with van der Waals surface area (Å²) in [6.45, 7) is 13.5. The van der Waals surface area contributed by atoms with Gasteiger partial charge >= 0.3 is 6.09 Å². The molecule has 0 aliphatic heterocycles. The van der Waals surface area contributed by atoms with E-state index in [-0.39, 0.29) is 6.09 Å². The van der Waals surface area contributed by atoms with Crippen LogP contribution in [0, 0.1) is 0 Å². The predicted molar refractivity (Wildman–Crippen MR) is 94.0 cm³/mol. The van der Waals surface area contributed by atoms with E-state index in [2.05, 4.69) is 15.6 Å². The molecule has 0 bridgehead atoms. The van der Waals surface area contributed by atoms with E-state index >= 15 is 0 Å². The van der Waals surface area contributed by atoms with Gasteiger partial charge in [0.1, 0.15) is 5.60 Å². The highest BCUT2D eigenvalue weighted by molar-refractivity contribution is 5.79. The fourth-order valence-electron chi connectivity index (χ4n) is 1.79. The third-order valence-electron chi connectivity index (χ3n) is 2.73. The molecule has 0 aliphatic carbocycles. The molecule has 0 saturated heterocycles. The van der Waals surface area contributed by atoms with E-state index in [1.54, 1.807) is 12.0 Å². The second kappa shape index (κ2) is 12.0. The number of nitrogens with zero attached hydrogens (tertiary/aromatic N) is 2. The molecule has 0 unspecified atom stereocenters. The van der Waals surface area contributed by atoms with Crippen molar-refractivity contribution in [3.05, 3.63) is 0 Å². The SMILES string of the molecule is CCCN(CCNC(=NCCOC)NCC)C(=O)OC(C)(C)C. The predicted octanol–water partition coefficient (Wildman–Crippen LogP) is 1.83. The average Bonchev–Trinajstić information content (AvgIpc) is 2.44. The third-order valence-corrected chi connectivity index (χ3v) is 2.73. The van der Waals surface area contributed by atoms with Crippen molar-refractivity contribution in [3.63, 3.8) is 0 Å². The number of amides is 1. The monoisotopic (exact) mass is 330 g/mol. The van der Waals surface area contributed by atoms with Crippen LogP contribution in [-0.4, -0.2) is 69.0 Å². The van der Waals surface area contributed by atoms with Gasteiger partial charge in [-0.25, -0.2) is 4.79 Å². The van der Waals surface area contributed by atoms with Gasteiger partial charge < -0.3 is 25.0 Å². The molecule has 2 N–H and O–H groups in total.